The molecule has 0 atom stereocenters. The third kappa shape index (κ3) is 3.20. The van der Waals surface area contributed by atoms with E-state index in [9.17, 15) is 19.7 Å². The number of benzene rings is 1. The van der Waals surface area contributed by atoms with E-state index in [1.165, 1.54) is 12.2 Å². The summed E-state index contributed by atoms with van der Waals surface area (Å²) in [4.78, 5) is 37.0. The molecule has 0 saturated heterocycles. The van der Waals surface area contributed by atoms with E-state index in [2.05, 4.69) is 11.1 Å². The van der Waals surface area contributed by atoms with Gasteiger partial charge in [0.05, 0.1) is 16.6 Å². The number of furan rings is 1. The maximum absolute atomic E-state index is 11.6. The Morgan fingerprint density at radius 3 is 2.62 bits per heavy atom. The van der Waals surface area contributed by atoms with Crippen molar-refractivity contribution in [2.24, 2.45) is 0 Å². The number of nitro groups is 1. The van der Waals surface area contributed by atoms with Crippen molar-refractivity contribution >= 4 is 17.8 Å². The molecule has 0 saturated carbocycles. The molecule has 0 aliphatic carbocycles. The first-order valence-corrected chi connectivity index (χ1v) is 7.28. The Balaban J connectivity index is 1.98. The molecular formula is C17H10N4O5. The molecule has 0 bridgehead atoms. The molecule has 0 spiro atoms. The second-order valence-electron chi connectivity index (χ2n) is 5.12. The van der Waals surface area contributed by atoms with Crippen molar-refractivity contribution < 1.29 is 9.34 Å². The molecule has 0 radical (unpaired) electrons. The summed E-state index contributed by atoms with van der Waals surface area (Å²) in [5.41, 5.74) is -1.94. The van der Waals surface area contributed by atoms with E-state index in [0.717, 1.165) is 0 Å². The smallest absolute Gasteiger partial charge is 0.357 e. The molecule has 2 N–H and O–H groups in total. The SMILES string of the molecule is N#Cc1ccccc1-c1ccc(C=Cc2[nH]c(=O)[nH]c(=O)c2[N+](=O)[O-])o1. The van der Waals surface area contributed by atoms with Crippen LogP contribution in [0.1, 0.15) is 17.0 Å². The molecular weight excluding hydrogens is 340 g/mol. The third-order valence-electron chi connectivity index (χ3n) is 3.48. The number of rotatable bonds is 4. The molecule has 26 heavy (non-hydrogen) atoms. The molecule has 0 unspecified atom stereocenters. The van der Waals surface area contributed by atoms with Gasteiger partial charge in [-0.15, -0.1) is 0 Å². The van der Waals surface area contributed by atoms with Gasteiger partial charge in [0.2, 0.25) is 0 Å². The lowest BCUT2D eigenvalue weighted by atomic mass is 10.1. The molecule has 1 aromatic carbocycles. The van der Waals surface area contributed by atoms with Crippen molar-refractivity contribution in [3.8, 4) is 17.4 Å². The van der Waals surface area contributed by atoms with Gasteiger partial charge in [-0.1, -0.05) is 12.1 Å². The van der Waals surface area contributed by atoms with Crippen LogP contribution in [0, 0.1) is 21.4 Å². The lowest BCUT2D eigenvalue weighted by Gasteiger charge is -1.99. The van der Waals surface area contributed by atoms with Crippen LogP contribution in [0.3, 0.4) is 0 Å². The van der Waals surface area contributed by atoms with E-state index in [1.54, 1.807) is 41.4 Å². The number of aromatic nitrogens is 2. The van der Waals surface area contributed by atoms with Gasteiger partial charge in [-0.05, 0) is 36.4 Å². The first kappa shape index (κ1) is 16.7. The van der Waals surface area contributed by atoms with Gasteiger partial charge < -0.3 is 9.40 Å². The Hall–Kier alpha value is -4.19. The summed E-state index contributed by atoms with van der Waals surface area (Å²) in [6.45, 7) is 0. The summed E-state index contributed by atoms with van der Waals surface area (Å²) in [7, 11) is 0. The van der Waals surface area contributed by atoms with E-state index in [4.69, 9.17) is 9.68 Å². The molecule has 9 nitrogen and oxygen atoms in total. The van der Waals surface area contributed by atoms with Gasteiger partial charge in [0, 0.05) is 5.56 Å². The summed E-state index contributed by atoms with van der Waals surface area (Å²) in [5.74, 6) is 0.763. The van der Waals surface area contributed by atoms with E-state index in [1.807, 2.05) is 0 Å². The van der Waals surface area contributed by atoms with Gasteiger partial charge in [-0.25, -0.2) is 4.79 Å². The van der Waals surface area contributed by atoms with Crippen molar-refractivity contribution in [3.05, 3.63) is 84.4 Å². The number of aromatic amines is 2. The van der Waals surface area contributed by atoms with E-state index >= 15 is 0 Å². The van der Waals surface area contributed by atoms with Crippen LogP contribution >= 0.6 is 0 Å². The predicted octanol–water partition coefficient (Wildman–Crippen LogP) is 2.27. The maximum Gasteiger partial charge on any atom is 0.357 e. The lowest BCUT2D eigenvalue weighted by Crippen LogP contribution is -2.25. The molecule has 3 aromatic rings. The molecule has 2 heterocycles. The fourth-order valence-corrected chi connectivity index (χ4v) is 2.35. The topological polar surface area (TPSA) is 146 Å². The van der Waals surface area contributed by atoms with Crippen molar-refractivity contribution in [3.63, 3.8) is 0 Å². The van der Waals surface area contributed by atoms with Gasteiger partial charge >= 0.3 is 16.9 Å². The minimum absolute atomic E-state index is 0.251. The van der Waals surface area contributed by atoms with Crippen molar-refractivity contribution in [1.29, 1.82) is 5.26 Å². The van der Waals surface area contributed by atoms with Crippen LogP contribution in [0.4, 0.5) is 5.69 Å². The highest BCUT2D eigenvalue weighted by molar-refractivity contribution is 5.72. The van der Waals surface area contributed by atoms with Gasteiger partial charge in [0.15, 0.2) is 0 Å². The number of nitrogens with one attached hydrogen (secondary N) is 2. The van der Waals surface area contributed by atoms with E-state index in [0.29, 0.717) is 22.6 Å². The Morgan fingerprint density at radius 1 is 1.12 bits per heavy atom. The average Bonchev–Trinajstić information content (AvgIpc) is 3.07. The molecule has 2 aromatic heterocycles. The highest BCUT2D eigenvalue weighted by Crippen LogP contribution is 2.26. The zero-order valence-corrected chi connectivity index (χ0v) is 13.1. The normalized spacial score (nSPS) is 10.7. The summed E-state index contributed by atoms with van der Waals surface area (Å²) in [5, 5.41) is 20.1. The zero-order chi connectivity index (χ0) is 18.7. The van der Waals surface area contributed by atoms with Crippen LogP contribution in [0.15, 0.2) is 50.4 Å². The van der Waals surface area contributed by atoms with Crippen LogP contribution in [-0.2, 0) is 0 Å². The Kier molecular flexibility index (Phi) is 4.32. The standard InChI is InChI=1S/C17H10N4O5/c18-9-10-3-1-2-4-12(10)14-8-6-11(26-14)5-7-13-15(21(24)25)16(22)20-17(23)19-13/h1-8H,(H2,19,20,22,23). The van der Waals surface area contributed by atoms with Crippen LogP contribution in [0.25, 0.3) is 23.5 Å². The monoisotopic (exact) mass is 350 g/mol. The van der Waals surface area contributed by atoms with E-state index < -0.39 is 21.9 Å². The fraction of sp³-hybridized carbons (Fsp3) is 0. The molecule has 0 fully saturated rings. The molecule has 9 heteroatoms. The van der Waals surface area contributed by atoms with E-state index in [-0.39, 0.29) is 5.69 Å². The summed E-state index contributed by atoms with van der Waals surface area (Å²) >= 11 is 0. The minimum Gasteiger partial charge on any atom is -0.457 e. The predicted molar refractivity (Wildman–Crippen MR) is 92.1 cm³/mol. The van der Waals surface area contributed by atoms with Gasteiger partial charge in [0.25, 0.3) is 0 Å². The number of hydrogen-bond acceptors (Lipinski definition) is 6. The maximum atomic E-state index is 11.6. The highest BCUT2D eigenvalue weighted by atomic mass is 16.6. The molecule has 128 valence electrons. The Morgan fingerprint density at radius 2 is 1.88 bits per heavy atom. The molecule has 0 amide bonds. The van der Waals surface area contributed by atoms with Gasteiger partial charge in [-0.2, -0.15) is 5.26 Å². The van der Waals surface area contributed by atoms with Crippen molar-refractivity contribution in [2.75, 3.05) is 0 Å². The summed E-state index contributed by atoms with van der Waals surface area (Å²) < 4.78 is 5.61. The fourth-order valence-electron chi connectivity index (χ4n) is 2.35. The first-order chi connectivity index (χ1) is 12.5. The molecule has 0 aliphatic heterocycles. The summed E-state index contributed by atoms with van der Waals surface area (Å²) in [6.07, 6.45) is 2.57. The lowest BCUT2D eigenvalue weighted by molar-refractivity contribution is -0.386. The number of nitriles is 1. The van der Waals surface area contributed by atoms with Crippen LogP contribution in [-0.4, -0.2) is 14.9 Å². The highest BCUT2D eigenvalue weighted by Gasteiger charge is 2.19. The van der Waals surface area contributed by atoms with Crippen LogP contribution in [0.5, 0.6) is 0 Å². The second kappa shape index (κ2) is 6.74. The van der Waals surface area contributed by atoms with Gasteiger partial charge in [0.1, 0.15) is 17.2 Å². The quantitative estimate of drug-likeness (QED) is 0.545. The molecule has 3 rings (SSSR count). The first-order valence-electron chi connectivity index (χ1n) is 7.28. The minimum atomic E-state index is -1.10. The zero-order valence-electron chi connectivity index (χ0n) is 13.1. The van der Waals surface area contributed by atoms with Crippen LogP contribution < -0.4 is 11.2 Å². The van der Waals surface area contributed by atoms with Crippen LogP contribution in [0.2, 0.25) is 0 Å². The Bertz CT molecular complexity index is 1180. The van der Waals surface area contributed by atoms with Crippen molar-refractivity contribution in [2.45, 2.75) is 0 Å². The molecule has 0 aliphatic rings. The largest absolute Gasteiger partial charge is 0.457 e. The van der Waals surface area contributed by atoms with Crippen molar-refractivity contribution in [1.82, 2.24) is 9.97 Å². The average molecular weight is 350 g/mol. The number of nitrogens with zero attached hydrogens (tertiary/aromatic N) is 2. The number of hydrogen-bond donors (Lipinski definition) is 2. The number of H-pyrrole nitrogens is 2. The third-order valence-corrected chi connectivity index (χ3v) is 3.48. The van der Waals surface area contributed by atoms with Gasteiger partial charge in [-0.3, -0.25) is 19.9 Å². The second-order valence-corrected chi connectivity index (χ2v) is 5.12. The Labute approximate surface area is 145 Å². The summed E-state index contributed by atoms with van der Waals surface area (Å²) in [6, 6.07) is 12.2.